The Morgan fingerprint density at radius 2 is 1.95 bits per heavy atom. The minimum Gasteiger partial charge on any atom is -0.383 e. The number of halogens is 4. The topological polar surface area (TPSA) is 33.1 Å². The molecule has 1 heterocycles. The third kappa shape index (κ3) is 3.10. The normalized spacial score (nSPS) is 13.6. The van der Waals surface area contributed by atoms with E-state index in [0.29, 0.717) is 16.9 Å². The van der Waals surface area contributed by atoms with E-state index in [1.54, 1.807) is 6.92 Å². The first-order valence-corrected chi connectivity index (χ1v) is 6.07. The molecule has 1 aromatic heterocycles. The van der Waals surface area contributed by atoms with E-state index >= 15 is 0 Å². The molecule has 0 radical (unpaired) electrons. The van der Waals surface area contributed by atoms with Gasteiger partial charge in [0.1, 0.15) is 11.9 Å². The van der Waals surface area contributed by atoms with Gasteiger partial charge in [-0.1, -0.05) is 6.07 Å². The molecule has 1 unspecified atom stereocenters. The zero-order valence-electron chi connectivity index (χ0n) is 9.70. The lowest BCUT2D eigenvalue weighted by atomic mass is 10.1. The Morgan fingerprint density at radius 3 is 2.47 bits per heavy atom. The molecule has 0 saturated carbocycles. The monoisotopic (exact) mass is 291 g/mol. The predicted molar refractivity (Wildman–Crippen MR) is 62.3 cm³/mol. The van der Waals surface area contributed by atoms with Crippen LogP contribution in [0.1, 0.15) is 27.1 Å². The molecule has 0 saturated heterocycles. The molecule has 102 valence electrons. The standard InChI is InChI=1S/C12H9F4NOS/c1-6-2-7(4-8(13)3-6)10(18)9-5-17-11(19-9)12(14,15)16/h2-5,10,18H,1H3. The summed E-state index contributed by atoms with van der Waals surface area (Å²) in [6, 6.07) is 3.87. The van der Waals surface area contributed by atoms with E-state index in [2.05, 4.69) is 4.98 Å². The molecule has 2 rings (SSSR count). The van der Waals surface area contributed by atoms with Crippen LogP contribution in [0.4, 0.5) is 17.6 Å². The average molecular weight is 291 g/mol. The fourth-order valence-electron chi connectivity index (χ4n) is 1.63. The minimum absolute atomic E-state index is 0.0253. The molecule has 1 N–H and O–H groups in total. The van der Waals surface area contributed by atoms with Crippen LogP contribution in [0.5, 0.6) is 0 Å². The van der Waals surface area contributed by atoms with Gasteiger partial charge in [-0.2, -0.15) is 13.2 Å². The molecular formula is C12H9F4NOS. The van der Waals surface area contributed by atoms with Crippen molar-refractivity contribution in [3.8, 4) is 0 Å². The highest BCUT2D eigenvalue weighted by molar-refractivity contribution is 7.11. The summed E-state index contributed by atoms with van der Waals surface area (Å²) in [4.78, 5) is 3.24. The van der Waals surface area contributed by atoms with Gasteiger partial charge in [0, 0.05) is 6.20 Å². The van der Waals surface area contributed by atoms with E-state index in [4.69, 9.17) is 0 Å². The molecule has 7 heteroatoms. The first-order valence-electron chi connectivity index (χ1n) is 5.25. The number of alkyl halides is 3. The zero-order valence-corrected chi connectivity index (χ0v) is 10.5. The summed E-state index contributed by atoms with van der Waals surface area (Å²) in [6.07, 6.45) is -4.90. The Kier molecular flexibility index (Phi) is 3.60. The highest BCUT2D eigenvalue weighted by Crippen LogP contribution is 2.36. The average Bonchev–Trinajstić information content (AvgIpc) is 2.75. The van der Waals surface area contributed by atoms with Crippen LogP contribution in [0.25, 0.3) is 0 Å². The second kappa shape index (κ2) is 4.90. The number of benzene rings is 1. The largest absolute Gasteiger partial charge is 0.443 e. The van der Waals surface area contributed by atoms with E-state index in [0.717, 1.165) is 12.3 Å². The van der Waals surface area contributed by atoms with Crippen molar-refractivity contribution < 1.29 is 22.7 Å². The minimum atomic E-state index is -4.54. The van der Waals surface area contributed by atoms with Crippen molar-refractivity contribution in [3.63, 3.8) is 0 Å². The highest BCUT2D eigenvalue weighted by Gasteiger charge is 2.35. The van der Waals surface area contributed by atoms with Gasteiger partial charge >= 0.3 is 6.18 Å². The molecule has 0 aliphatic heterocycles. The Morgan fingerprint density at radius 1 is 1.26 bits per heavy atom. The third-order valence-corrected chi connectivity index (χ3v) is 3.51. The van der Waals surface area contributed by atoms with Gasteiger partial charge in [0.15, 0.2) is 5.01 Å². The van der Waals surface area contributed by atoms with Crippen molar-refractivity contribution >= 4 is 11.3 Å². The smallest absolute Gasteiger partial charge is 0.383 e. The molecule has 0 spiro atoms. The van der Waals surface area contributed by atoms with Crippen molar-refractivity contribution in [1.82, 2.24) is 4.98 Å². The van der Waals surface area contributed by atoms with Crippen molar-refractivity contribution in [2.24, 2.45) is 0 Å². The fraction of sp³-hybridized carbons (Fsp3) is 0.250. The fourth-order valence-corrected chi connectivity index (χ4v) is 2.43. The van der Waals surface area contributed by atoms with Crippen LogP contribution in [0.15, 0.2) is 24.4 Å². The molecule has 0 amide bonds. The first kappa shape index (κ1) is 14.0. The first-order chi connectivity index (χ1) is 8.77. The quantitative estimate of drug-likeness (QED) is 0.856. The van der Waals surface area contributed by atoms with Crippen LogP contribution in [0, 0.1) is 12.7 Å². The van der Waals surface area contributed by atoms with Crippen LogP contribution >= 0.6 is 11.3 Å². The second-order valence-corrected chi connectivity index (χ2v) is 5.09. The van der Waals surface area contributed by atoms with Crippen LogP contribution in [0.3, 0.4) is 0 Å². The van der Waals surface area contributed by atoms with Gasteiger partial charge in [0.05, 0.1) is 4.88 Å². The molecule has 19 heavy (non-hydrogen) atoms. The van der Waals surface area contributed by atoms with Gasteiger partial charge in [0.2, 0.25) is 0 Å². The van der Waals surface area contributed by atoms with Crippen LogP contribution in [-0.4, -0.2) is 10.1 Å². The summed E-state index contributed by atoms with van der Waals surface area (Å²) >= 11 is 0.346. The number of aromatic nitrogens is 1. The molecule has 1 atom stereocenters. The van der Waals surface area contributed by atoms with E-state index in [9.17, 15) is 22.7 Å². The van der Waals surface area contributed by atoms with Crippen molar-refractivity contribution in [3.05, 3.63) is 51.2 Å². The Hall–Kier alpha value is -1.47. The maximum Gasteiger partial charge on any atom is 0.443 e. The van der Waals surface area contributed by atoms with Crippen LogP contribution < -0.4 is 0 Å². The van der Waals surface area contributed by atoms with Crippen molar-refractivity contribution in [2.45, 2.75) is 19.2 Å². The lowest BCUT2D eigenvalue weighted by Crippen LogP contribution is -2.03. The summed E-state index contributed by atoms with van der Waals surface area (Å²) < 4.78 is 50.4. The molecule has 0 aliphatic rings. The summed E-state index contributed by atoms with van der Waals surface area (Å²) in [5.41, 5.74) is 0.782. The molecule has 0 fully saturated rings. The number of nitrogens with zero attached hydrogens (tertiary/aromatic N) is 1. The summed E-state index contributed by atoms with van der Waals surface area (Å²) in [7, 11) is 0. The third-order valence-electron chi connectivity index (χ3n) is 2.42. The van der Waals surface area contributed by atoms with Gasteiger partial charge in [-0.15, -0.1) is 11.3 Å². The van der Waals surface area contributed by atoms with E-state index in [1.165, 1.54) is 12.1 Å². The number of hydrogen-bond acceptors (Lipinski definition) is 3. The summed E-state index contributed by atoms with van der Waals surface area (Å²) in [5, 5.41) is 8.92. The van der Waals surface area contributed by atoms with Gasteiger partial charge < -0.3 is 5.11 Å². The number of rotatable bonds is 2. The SMILES string of the molecule is Cc1cc(F)cc(C(O)c2cnc(C(F)(F)F)s2)c1. The molecular weight excluding hydrogens is 282 g/mol. The predicted octanol–water partition coefficient (Wildman–Crippen LogP) is 3.69. The second-order valence-electron chi connectivity index (χ2n) is 4.03. The molecule has 0 bridgehead atoms. The number of hydrogen-bond donors (Lipinski definition) is 1. The van der Waals surface area contributed by atoms with E-state index in [1.807, 2.05) is 0 Å². The van der Waals surface area contributed by atoms with Gasteiger partial charge in [0.25, 0.3) is 0 Å². The number of aryl methyl sites for hydroxylation is 1. The number of aliphatic hydroxyl groups excluding tert-OH is 1. The maximum absolute atomic E-state index is 13.2. The number of thiazole rings is 1. The lowest BCUT2D eigenvalue weighted by Gasteiger charge is -2.09. The van der Waals surface area contributed by atoms with Crippen LogP contribution in [-0.2, 0) is 6.18 Å². The zero-order chi connectivity index (χ0) is 14.2. The Labute approximate surface area is 110 Å². The van der Waals surface area contributed by atoms with E-state index < -0.39 is 23.1 Å². The molecule has 0 aliphatic carbocycles. The molecule has 1 aromatic carbocycles. The van der Waals surface area contributed by atoms with Crippen molar-refractivity contribution in [1.29, 1.82) is 0 Å². The van der Waals surface area contributed by atoms with Gasteiger partial charge in [-0.25, -0.2) is 9.37 Å². The van der Waals surface area contributed by atoms with Crippen LogP contribution in [0.2, 0.25) is 0 Å². The van der Waals surface area contributed by atoms with E-state index in [-0.39, 0.29) is 10.4 Å². The summed E-state index contributed by atoms with van der Waals surface area (Å²) in [6.45, 7) is 1.63. The maximum atomic E-state index is 13.2. The highest BCUT2D eigenvalue weighted by atomic mass is 32.1. The molecule has 2 aromatic rings. The molecule has 2 nitrogen and oxygen atoms in total. The van der Waals surface area contributed by atoms with Gasteiger partial charge in [-0.05, 0) is 30.2 Å². The summed E-state index contributed by atoms with van der Waals surface area (Å²) in [5.74, 6) is -0.547. The Balaban J connectivity index is 2.33. The lowest BCUT2D eigenvalue weighted by molar-refractivity contribution is -0.137. The number of aliphatic hydroxyl groups is 1. The van der Waals surface area contributed by atoms with Gasteiger partial charge in [-0.3, -0.25) is 0 Å². The Bertz CT molecular complexity index is 573. The van der Waals surface area contributed by atoms with Crippen molar-refractivity contribution in [2.75, 3.05) is 0 Å².